The van der Waals surface area contributed by atoms with Crippen LogP contribution in [0.1, 0.15) is 27.7 Å². The molecule has 0 aliphatic carbocycles. The van der Waals surface area contributed by atoms with Crippen molar-refractivity contribution in [2.75, 3.05) is 0 Å². The maximum Gasteiger partial charge on any atom is 0.323 e. The Bertz CT molecular complexity index is 288. The van der Waals surface area contributed by atoms with Gasteiger partial charge in [-0.1, -0.05) is 0 Å². The van der Waals surface area contributed by atoms with Crippen molar-refractivity contribution < 1.29 is 19.4 Å². The Morgan fingerprint density at radius 1 is 1.47 bits per heavy atom. The average molecular weight is 215 g/mol. The van der Waals surface area contributed by atoms with Gasteiger partial charge in [-0.2, -0.15) is 0 Å². The molecule has 0 rings (SSSR count). The maximum absolute atomic E-state index is 10.8. The van der Waals surface area contributed by atoms with E-state index < -0.39 is 23.2 Å². The molecular formula is C10H17NO4. The summed E-state index contributed by atoms with van der Waals surface area (Å²) in [4.78, 5) is 21.1. The molecule has 0 aliphatic rings. The SMILES string of the molecule is CC(C)(C)OC(C)(C=C=O)C(N)C(=O)O. The molecular weight excluding hydrogens is 198 g/mol. The van der Waals surface area contributed by atoms with Gasteiger partial charge in [0, 0.05) is 6.08 Å². The van der Waals surface area contributed by atoms with Gasteiger partial charge < -0.3 is 15.6 Å². The molecule has 0 amide bonds. The second-order valence-corrected chi connectivity index (χ2v) is 4.48. The summed E-state index contributed by atoms with van der Waals surface area (Å²) >= 11 is 0. The van der Waals surface area contributed by atoms with E-state index in [1.165, 1.54) is 12.9 Å². The Kier molecular flexibility index (Phi) is 4.22. The monoisotopic (exact) mass is 215 g/mol. The molecule has 0 radical (unpaired) electrons. The fraction of sp³-hybridized carbons (Fsp3) is 0.700. The van der Waals surface area contributed by atoms with E-state index in [0.717, 1.165) is 6.08 Å². The molecule has 5 nitrogen and oxygen atoms in total. The van der Waals surface area contributed by atoms with Gasteiger partial charge >= 0.3 is 5.97 Å². The van der Waals surface area contributed by atoms with Gasteiger partial charge in [-0.25, -0.2) is 4.79 Å². The Morgan fingerprint density at radius 2 is 1.93 bits per heavy atom. The smallest absolute Gasteiger partial charge is 0.323 e. The van der Waals surface area contributed by atoms with Crippen molar-refractivity contribution >= 4 is 11.9 Å². The number of carboxylic acids is 1. The fourth-order valence-electron chi connectivity index (χ4n) is 1.20. The summed E-state index contributed by atoms with van der Waals surface area (Å²) in [5.41, 5.74) is 3.50. The van der Waals surface area contributed by atoms with Crippen molar-refractivity contribution in [3.05, 3.63) is 6.08 Å². The van der Waals surface area contributed by atoms with Crippen LogP contribution >= 0.6 is 0 Å². The van der Waals surface area contributed by atoms with Crippen LogP contribution in [0.4, 0.5) is 0 Å². The molecule has 15 heavy (non-hydrogen) atoms. The number of hydrogen-bond donors (Lipinski definition) is 2. The summed E-state index contributed by atoms with van der Waals surface area (Å²) in [5, 5.41) is 8.79. The summed E-state index contributed by atoms with van der Waals surface area (Å²) in [6, 6.07) is -1.31. The molecule has 0 heterocycles. The third-order valence-corrected chi connectivity index (χ3v) is 1.76. The molecule has 0 saturated heterocycles. The van der Waals surface area contributed by atoms with Crippen LogP contribution in [-0.2, 0) is 14.3 Å². The van der Waals surface area contributed by atoms with Crippen LogP contribution in [0.3, 0.4) is 0 Å². The number of carboxylic acid groups (broad SMARTS) is 1. The van der Waals surface area contributed by atoms with E-state index in [4.69, 9.17) is 15.6 Å². The van der Waals surface area contributed by atoms with E-state index >= 15 is 0 Å². The molecule has 0 fully saturated rings. The van der Waals surface area contributed by atoms with Crippen molar-refractivity contribution in [2.24, 2.45) is 5.73 Å². The summed E-state index contributed by atoms with van der Waals surface area (Å²) in [6.07, 6.45) is 0.997. The van der Waals surface area contributed by atoms with E-state index in [9.17, 15) is 9.59 Å². The van der Waals surface area contributed by atoms with Crippen molar-refractivity contribution in [1.82, 2.24) is 0 Å². The van der Waals surface area contributed by atoms with Crippen LogP contribution in [0.5, 0.6) is 0 Å². The first-order valence-corrected chi connectivity index (χ1v) is 4.53. The largest absolute Gasteiger partial charge is 0.480 e. The van der Waals surface area contributed by atoms with Gasteiger partial charge in [0.05, 0.1) is 5.60 Å². The molecule has 3 N–H and O–H groups in total. The second-order valence-electron chi connectivity index (χ2n) is 4.48. The van der Waals surface area contributed by atoms with Crippen molar-refractivity contribution in [3.63, 3.8) is 0 Å². The highest BCUT2D eigenvalue weighted by Gasteiger charge is 2.39. The number of carbonyl (C=O) groups excluding carboxylic acids is 1. The van der Waals surface area contributed by atoms with Crippen LogP contribution in [0.25, 0.3) is 0 Å². The number of hydrogen-bond acceptors (Lipinski definition) is 4. The predicted octanol–water partition coefficient (Wildman–Crippen LogP) is 0.360. The number of rotatable bonds is 4. The summed E-state index contributed by atoms with van der Waals surface area (Å²) in [5.74, 6) is 0.295. The standard InChI is InChI=1S/C10H17NO4/c1-9(2,3)15-10(4,5-6-12)7(11)8(13)14/h5,7H,11H2,1-4H3,(H,13,14). The maximum atomic E-state index is 10.8. The number of aliphatic carboxylic acids is 1. The van der Waals surface area contributed by atoms with Gasteiger partial charge in [0.25, 0.3) is 0 Å². The average Bonchev–Trinajstić information content (AvgIpc) is 1.99. The molecule has 2 atom stereocenters. The summed E-state index contributed by atoms with van der Waals surface area (Å²) < 4.78 is 5.46. The molecule has 0 aliphatic heterocycles. The lowest BCUT2D eigenvalue weighted by Crippen LogP contribution is -2.54. The molecule has 0 bridgehead atoms. The Labute approximate surface area is 88.9 Å². The zero-order chi connectivity index (χ0) is 12.3. The van der Waals surface area contributed by atoms with Crippen LogP contribution in [0.15, 0.2) is 6.08 Å². The first-order chi connectivity index (χ1) is 6.62. The molecule has 0 aromatic carbocycles. The van der Waals surface area contributed by atoms with E-state index in [1.54, 1.807) is 20.8 Å². The summed E-state index contributed by atoms with van der Waals surface area (Å²) in [7, 11) is 0. The van der Waals surface area contributed by atoms with Crippen LogP contribution in [-0.4, -0.2) is 34.3 Å². The molecule has 86 valence electrons. The van der Waals surface area contributed by atoms with E-state index in [-0.39, 0.29) is 0 Å². The number of nitrogens with two attached hydrogens (primary N) is 1. The lowest BCUT2D eigenvalue weighted by molar-refractivity contribution is -0.153. The fourth-order valence-corrected chi connectivity index (χ4v) is 1.20. The molecule has 0 saturated carbocycles. The lowest BCUT2D eigenvalue weighted by atomic mass is 9.95. The molecule has 0 aromatic heterocycles. The van der Waals surface area contributed by atoms with Gasteiger partial charge in [-0.05, 0) is 27.7 Å². The first-order valence-electron chi connectivity index (χ1n) is 4.53. The zero-order valence-electron chi connectivity index (χ0n) is 9.40. The topological polar surface area (TPSA) is 89.6 Å². The number of ether oxygens (including phenoxy) is 1. The Morgan fingerprint density at radius 3 is 2.20 bits per heavy atom. The highest BCUT2D eigenvalue weighted by atomic mass is 16.5. The van der Waals surface area contributed by atoms with Gasteiger partial charge in [-0.3, -0.25) is 4.79 Å². The van der Waals surface area contributed by atoms with E-state index in [1.807, 2.05) is 0 Å². The van der Waals surface area contributed by atoms with Gasteiger partial charge in [0.15, 0.2) is 0 Å². The van der Waals surface area contributed by atoms with Crippen molar-refractivity contribution in [2.45, 2.75) is 44.9 Å². The quantitative estimate of drug-likeness (QED) is 0.661. The second kappa shape index (κ2) is 4.57. The van der Waals surface area contributed by atoms with E-state index in [0.29, 0.717) is 0 Å². The Balaban J connectivity index is 5.06. The molecule has 0 spiro atoms. The number of carbonyl (C=O) groups is 1. The van der Waals surface area contributed by atoms with Gasteiger partial charge in [0.1, 0.15) is 17.6 Å². The van der Waals surface area contributed by atoms with Crippen LogP contribution in [0, 0.1) is 0 Å². The zero-order valence-corrected chi connectivity index (χ0v) is 9.40. The van der Waals surface area contributed by atoms with E-state index in [2.05, 4.69) is 0 Å². The minimum absolute atomic E-state index is 0.602. The highest BCUT2D eigenvalue weighted by Crippen LogP contribution is 2.23. The lowest BCUT2D eigenvalue weighted by Gasteiger charge is -2.35. The van der Waals surface area contributed by atoms with Crippen molar-refractivity contribution in [3.8, 4) is 0 Å². The Hall–Kier alpha value is -1.16. The normalized spacial score (nSPS) is 17.4. The van der Waals surface area contributed by atoms with Crippen LogP contribution in [0.2, 0.25) is 0 Å². The highest BCUT2D eigenvalue weighted by molar-refractivity contribution is 5.76. The first kappa shape index (κ1) is 13.8. The van der Waals surface area contributed by atoms with Crippen LogP contribution < -0.4 is 5.73 Å². The van der Waals surface area contributed by atoms with Crippen molar-refractivity contribution in [1.29, 1.82) is 0 Å². The molecule has 0 aromatic rings. The minimum Gasteiger partial charge on any atom is -0.480 e. The third kappa shape index (κ3) is 4.25. The molecule has 2 unspecified atom stereocenters. The minimum atomic E-state index is -1.36. The van der Waals surface area contributed by atoms with Gasteiger partial charge in [0.2, 0.25) is 0 Å². The third-order valence-electron chi connectivity index (χ3n) is 1.76. The molecule has 5 heteroatoms. The summed E-state index contributed by atoms with van der Waals surface area (Å²) in [6.45, 7) is 6.69. The van der Waals surface area contributed by atoms with Gasteiger partial charge in [-0.15, -0.1) is 0 Å². The predicted molar refractivity (Wildman–Crippen MR) is 55.1 cm³/mol.